The van der Waals surface area contributed by atoms with Gasteiger partial charge in [0.15, 0.2) is 0 Å². The second-order valence-electron chi connectivity index (χ2n) is 8.51. The minimum absolute atomic E-state index is 0.0182. The molecule has 0 atom stereocenters. The van der Waals surface area contributed by atoms with Crippen molar-refractivity contribution in [3.8, 4) is 11.4 Å². The largest absolute Gasteiger partial charge is 0.497 e. The maximum atomic E-state index is 13.0. The van der Waals surface area contributed by atoms with Gasteiger partial charge in [-0.05, 0) is 43.2 Å². The molecule has 8 nitrogen and oxygen atoms in total. The van der Waals surface area contributed by atoms with E-state index in [1.165, 1.54) is 10.6 Å². The number of benzene rings is 1. The smallest absolute Gasteiger partial charge is 0.255 e. The highest BCUT2D eigenvalue weighted by Crippen LogP contribution is 2.31. The van der Waals surface area contributed by atoms with Crippen molar-refractivity contribution in [2.24, 2.45) is 5.41 Å². The van der Waals surface area contributed by atoms with Crippen LogP contribution in [0.4, 0.5) is 0 Å². The van der Waals surface area contributed by atoms with Gasteiger partial charge in [-0.15, -0.1) is 0 Å². The molecular formula is C24H31N3O5. The number of amides is 1. The van der Waals surface area contributed by atoms with Gasteiger partial charge in [-0.3, -0.25) is 19.1 Å². The molecule has 1 aromatic heterocycles. The zero-order chi connectivity index (χ0) is 22.4. The molecule has 2 aliphatic rings. The zero-order valence-electron chi connectivity index (χ0n) is 18.5. The summed E-state index contributed by atoms with van der Waals surface area (Å²) in [7, 11) is 1.59. The molecule has 2 fully saturated rings. The van der Waals surface area contributed by atoms with Crippen LogP contribution in [-0.2, 0) is 9.47 Å². The monoisotopic (exact) mass is 441 g/mol. The number of aromatic nitrogens is 1. The van der Waals surface area contributed by atoms with E-state index in [2.05, 4.69) is 10.2 Å². The van der Waals surface area contributed by atoms with Gasteiger partial charge in [0, 0.05) is 62.8 Å². The van der Waals surface area contributed by atoms with Crippen molar-refractivity contribution in [1.82, 2.24) is 14.8 Å². The molecule has 1 N–H and O–H groups in total. The number of nitrogens with one attached hydrogen (secondary N) is 1. The maximum absolute atomic E-state index is 13.0. The van der Waals surface area contributed by atoms with Crippen molar-refractivity contribution in [2.75, 3.05) is 59.7 Å². The summed E-state index contributed by atoms with van der Waals surface area (Å²) in [6, 6.07) is 10.2. The lowest BCUT2D eigenvalue weighted by atomic mass is 9.79. The van der Waals surface area contributed by atoms with Gasteiger partial charge in [0.25, 0.3) is 11.5 Å². The van der Waals surface area contributed by atoms with Crippen LogP contribution < -0.4 is 15.6 Å². The summed E-state index contributed by atoms with van der Waals surface area (Å²) in [5, 5.41) is 3.13. The molecule has 4 rings (SSSR count). The van der Waals surface area contributed by atoms with Crippen LogP contribution in [0.2, 0.25) is 0 Å². The second kappa shape index (κ2) is 10.3. The molecule has 0 unspecified atom stereocenters. The minimum Gasteiger partial charge on any atom is -0.497 e. The van der Waals surface area contributed by atoms with E-state index in [-0.39, 0.29) is 16.9 Å². The van der Waals surface area contributed by atoms with E-state index in [1.807, 2.05) is 0 Å². The normalized spacial score (nSPS) is 18.8. The first kappa shape index (κ1) is 22.5. The van der Waals surface area contributed by atoms with Gasteiger partial charge in [-0.2, -0.15) is 0 Å². The number of methoxy groups -OCH3 is 1. The summed E-state index contributed by atoms with van der Waals surface area (Å²) in [6.07, 6.45) is 3.42. The SMILES string of the molecule is COc1ccc(-n2cc(C(=O)NCC3(CN4CCOCC4)CCOCC3)ccc2=O)cc1. The van der Waals surface area contributed by atoms with Gasteiger partial charge in [0.05, 0.1) is 25.9 Å². The van der Waals surface area contributed by atoms with E-state index in [0.717, 1.165) is 45.7 Å². The summed E-state index contributed by atoms with van der Waals surface area (Å²) >= 11 is 0. The third-order valence-electron chi connectivity index (χ3n) is 6.36. The Morgan fingerprint density at radius 2 is 1.72 bits per heavy atom. The molecule has 0 bridgehead atoms. The van der Waals surface area contributed by atoms with Crippen molar-refractivity contribution in [2.45, 2.75) is 12.8 Å². The fraction of sp³-hybridized carbons (Fsp3) is 0.500. The van der Waals surface area contributed by atoms with Crippen molar-refractivity contribution in [3.05, 3.63) is 58.5 Å². The Labute approximate surface area is 188 Å². The molecule has 3 heterocycles. The van der Waals surface area contributed by atoms with Gasteiger partial charge < -0.3 is 19.5 Å². The lowest BCUT2D eigenvalue weighted by Gasteiger charge is -2.42. The molecule has 2 aromatic rings. The lowest BCUT2D eigenvalue weighted by Crippen LogP contribution is -2.50. The molecular weight excluding hydrogens is 410 g/mol. The zero-order valence-corrected chi connectivity index (χ0v) is 18.5. The van der Waals surface area contributed by atoms with Crippen molar-refractivity contribution in [1.29, 1.82) is 0 Å². The number of hydrogen-bond acceptors (Lipinski definition) is 6. The third kappa shape index (κ3) is 5.38. The maximum Gasteiger partial charge on any atom is 0.255 e. The molecule has 8 heteroatoms. The molecule has 0 aliphatic carbocycles. The Morgan fingerprint density at radius 3 is 2.41 bits per heavy atom. The molecule has 1 aromatic carbocycles. The van der Waals surface area contributed by atoms with Crippen LogP contribution in [0.15, 0.2) is 47.4 Å². The van der Waals surface area contributed by atoms with Crippen LogP contribution in [0.1, 0.15) is 23.2 Å². The average molecular weight is 442 g/mol. The van der Waals surface area contributed by atoms with Gasteiger partial charge in [0.2, 0.25) is 0 Å². The number of carbonyl (C=O) groups excluding carboxylic acids is 1. The molecule has 2 saturated heterocycles. The summed E-state index contributed by atoms with van der Waals surface area (Å²) in [6.45, 7) is 6.27. The van der Waals surface area contributed by atoms with E-state index in [4.69, 9.17) is 14.2 Å². The Bertz CT molecular complexity index is 960. The summed E-state index contributed by atoms with van der Waals surface area (Å²) in [5.41, 5.74) is 0.919. The Balaban J connectivity index is 1.46. The molecule has 0 saturated carbocycles. The number of ether oxygens (including phenoxy) is 3. The van der Waals surface area contributed by atoms with Crippen LogP contribution in [0.25, 0.3) is 5.69 Å². The lowest BCUT2D eigenvalue weighted by molar-refractivity contribution is -0.0283. The molecule has 1 amide bonds. The predicted molar refractivity (Wildman–Crippen MR) is 121 cm³/mol. The number of nitrogens with zero attached hydrogens (tertiary/aromatic N) is 2. The predicted octanol–water partition coefficient (Wildman–Crippen LogP) is 1.70. The topological polar surface area (TPSA) is 82.0 Å². The highest BCUT2D eigenvalue weighted by Gasteiger charge is 2.35. The average Bonchev–Trinajstić information content (AvgIpc) is 2.84. The van der Waals surface area contributed by atoms with Gasteiger partial charge in [-0.1, -0.05) is 0 Å². The van der Waals surface area contributed by atoms with E-state index in [1.54, 1.807) is 43.6 Å². The van der Waals surface area contributed by atoms with Gasteiger partial charge >= 0.3 is 0 Å². The number of hydrogen-bond donors (Lipinski definition) is 1. The van der Waals surface area contributed by atoms with Crippen molar-refractivity contribution >= 4 is 5.91 Å². The summed E-state index contributed by atoms with van der Waals surface area (Å²) in [4.78, 5) is 27.8. The van der Waals surface area contributed by atoms with E-state index in [9.17, 15) is 9.59 Å². The first-order valence-corrected chi connectivity index (χ1v) is 11.1. The van der Waals surface area contributed by atoms with Crippen LogP contribution in [-0.4, -0.2) is 75.1 Å². The number of morpholine rings is 1. The standard InChI is InChI=1S/C24H31N3O5/c1-30-21-5-3-20(4-6-21)27-16-19(2-7-22(27)28)23(29)25-17-24(8-12-31-13-9-24)18-26-10-14-32-15-11-26/h2-7,16H,8-15,17-18H2,1H3,(H,25,29). The molecule has 32 heavy (non-hydrogen) atoms. The summed E-state index contributed by atoms with van der Waals surface area (Å²) in [5.74, 6) is 0.526. The Kier molecular flexibility index (Phi) is 7.24. The third-order valence-corrected chi connectivity index (χ3v) is 6.36. The summed E-state index contributed by atoms with van der Waals surface area (Å²) < 4.78 is 17.7. The van der Waals surface area contributed by atoms with Crippen LogP contribution in [0.3, 0.4) is 0 Å². The fourth-order valence-electron chi connectivity index (χ4n) is 4.36. The van der Waals surface area contributed by atoms with Crippen molar-refractivity contribution < 1.29 is 19.0 Å². The highest BCUT2D eigenvalue weighted by molar-refractivity contribution is 5.93. The Hall–Kier alpha value is -2.68. The second-order valence-corrected chi connectivity index (χ2v) is 8.51. The van der Waals surface area contributed by atoms with Crippen LogP contribution in [0, 0.1) is 5.41 Å². The van der Waals surface area contributed by atoms with E-state index >= 15 is 0 Å². The van der Waals surface area contributed by atoms with Crippen molar-refractivity contribution in [3.63, 3.8) is 0 Å². The quantitative estimate of drug-likeness (QED) is 0.705. The number of pyridine rings is 1. The van der Waals surface area contributed by atoms with Gasteiger partial charge in [0.1, 0.15) is 5.75 Å². The number of rotatable bonds is 7. The van der Waals surface area contributed by atoms with E-state index in [0.29, 0.717) is 36.8 Å². The van der Waals surface area contributed by atoms with Crippen LogP contribution in [0.5, 0.6) is 5.75 Å². The minimum atomic E-state index is -0.195. The highest BCUT2D eigenvalue weighted by atomic mass is 16.5. The van der Waals surface area contributed by atoms with Gasteiger partial charge in [-0.25, -0.2) is 0 Å². The Morgan fingerprint density at radius 1 is 1.03 bits per heavy atom. The molecule has 0 spiro atoms. The first-order valence-electron chi connectivity index (χ1n) is 11.1. The van der Waals surface area contributed by atoms with Crippen LogP contribution >= 0.6 is 0 Å². The first-order chi connectivity index (χ1) is 15.6. The van der Waals surface area contributed by atoms with E-state index < -0.39 is 0 Å². The number of carbonyl (C=O) groups is 1. The molecule has 2 aliphatic heterocycles. The molecule has 172 valence electrons. The fourth-order valence-corrected chi connectivity index (χ4v) is 4.36. The molecule has 0 radical (unpaired) electrons.